The highest BCUT2D eigenvalue weighted by atomic mass is 35.5. The summed E-state index contributed by atoms with van der Waals surface area (Å²) in [5.41, 5.74) is 4.21. The lowest BCUT2D eigenvalue weighted by molar-refractivity contribution is -0.123. The zero-order valence-electron chi connectivity index (χ0n) is 20.6. The quantitative estimate of drug-likeness (QED) is 0.400. The van der Waals surface area contributed by atoms with E-state index in [1.54, 1.807) is 4.90 Å². The molecule has 37 heavy (non-hydrogen) atoms. The number of benzene rings is 2. The van der Waals surface area contributed by atoms with Gasteiger partial charge in [0.05, 0.1) is 10.2 Å². The van der Waals surface area contributed by atoms with Crippen LogP contribution in [0.25, 0.3) is 23.0 Å². The van der Waals surface area contributed by atoms with Crippen molar-refractivity contribution in [1.29, 1.82) is 5.26 Å². The van der Waals surface area contributed by atoms with Crippen LogP contribution in [0.15, 0.2) is 65.5 Å². The first-order chi connectivity index (χ1) is 17.9. The Labute approximate surface area is 223 Å². The second-order valence-corrected chi connectivity index (χ2v) is 10.5. The summed E-state index contributed by atoms with van der Waals surface area (Å²) in [4.78, 5) is 28.7. The molecule has 1 fully saturated rings. The molecular weight excluding hydrogens is 504 g/mol. The molecule has 1 amide bonds. The lowest BCUT2D eigenvalue weighted by atomic mass is 10.2. The average molecular weight is 529 g/mol. The monoisotopic (exact) mass is 528 g/mol. The van der Waals surface area contributed by atoms with Gasteiger partial charge < -0.3 is 9.47 Å². The van der Waals surface area contributed by atoms with Crippen molar-refractivity contribution in [2.75, 3.05) is 13.1 Å². The van der Waals surface area contributed by atoms with Crippen molar-refractivity contribution in [3.8, 4) is 17.4 Å². The average Bonchev–Trinajstić information content (AvgIpc) is 3.61. The van der Waals surface area contributed by atoms with E-state index in [0.29, 0.717) is 33.0 Å². The van der Waals surface area contributed by atoms with Crippen molar-refractivity contribution in [2.45, 2.75) is 26.7 Å². The van der Waals surface area contributed by atoms with E-state index in [1.165, 1.54) is 15.9 Å². The Morgan fingerprint density at radius 3 is 2.30 bits per heavy atom. The van der Waals surface area contributed by atoms with Gasteiger partial charge in [-0.25, -0.2) is 0 Å². The van der Waals surface area contributed by atoms with Gasteiger partial charge in [-0.05, 0) is 80.8 Å². The van der Waals surface area contributed by atoms with Crippen LogP contribution >= 0.6 is 22.9 Å². The fourth-order valence-electron chi connectivity index (χ4n) is 4.79. The topological polar surface area (TPSA) is 71.0 Å². The molecule has 4 aromatic rings. The molecule has 0 unspecified atom stereocenters. The summed E-state index contributed by atoms with van der Waals surface area (Å²) in [6.07, 6.45) is 3.69. The number of rotatable bonds is 4. The number of aromatic nitrogens is 2. The van der Waals surface area contributed by atoms with Crippen LogP contribution in [0.1, 0.15) is 29.8 Å². The van der Waals surface area contributed by atoms with Crippen LogP contribution in [0.4, 0.5) is 0 Å². The predicted molar refractivity (Wildman–Crippen MR) is 148 cm³/mol. The van der Waals surface area contributed by atoms with Gasteiger partial charge in [-0.3, -0.25) is 14.2 Å². The highest BCUT2D eigenvalue weighted by Crippen LogP contribution is 2.22. The van der Waals surface area contributed by atoms with Gasteiger partial charge in [-0.2, -0.15) is 5.26 Å². The van der Waals surface area contributed by atoms with Gasteiger partial charge in [0.15, 0.2) is 5.57 Å². The summed E-state index contributed by atoms with van der Waals surface area (Å²) in [5, 5.41) is 10.7. The van der Waals surface area contributed by atoms with Crippen molar-refractivity contribution in [1.82, 2.24) is 14.0 Å². The lowest BCUT2D eigenvalue weighted by Crippen LogP contribution is -2.35. The van der Waals surface area contributed by atoms with Crippen LogP contribution in [0, 0.1) is 25.2 Å². The third-order valence-corrected chi connectivity index (χ3v) is 7.96. The van der Waals surface area contributed by atoms with E-state index in [-0.39, 0.29) is 17.0 Å². The maximum atomic E-state index is 13.7. The molecule has 0 bridgehead atoms. The molecule has 0 saturated carbocycles. The summed E-state index contributed by atoms with van der Waals surface area (Å²) in [5.74, 6) is -0.321. The predicted octanol–water partition coefficient (Wildman–Crippen LogP) is 4.09. The first-order valence-electron chi connectivity index (χ1n) is 12.1. The number of likely N-dealkylation sites (tertiary alicyclic amines) is 1. The van der Waals surface area contributed by atoms with E-state index in [1.807, 2.05) is 80.6 Å². The number of carbonyl (C=O) groups excluding carboxylic acids is 1. The molecule has 2 aromatic carbocycles. The third kappa shape index (κ3) is 4.66. The normalized spacial score (nSPS) is 14.6. The zero-order chi connectivity index (χ0) is 26.1. The fraction of sp³-hybridized carbons (Fsp3) is 0.207. The van der Waals surface area contributed by atoms with Crippen molar-refractivity contribution in [2.24, 2.45) is 0 Å². The molecule has 3 heterocycles. The van der Waals surface area contributed by atoms with E-state index < -0.39 is 0 Å². The number of carbonyl (C=O) groups is 1. The van der Waals surface area contributed by atoms with Gasteiger partial charge in [-0.1, -0.05) is 29.8 Å². The second-order valence-electron chi connectivity index (χ2n) is 9.02. The van der Waals surface area contributed by atoms with Gasteiger partial charge in [-0.15, -0.1) is 11.3 Å². The van der Waals surface area contributed by atoms with Gasteiger partial charge in [0.25, 0.3) is 11.5 Å². The maximum absolute atomic E-state index is 13.7. The smallest absolute Gasteiger partial charge is 0.273 e. The van der Waals surface area contributed by atoms with E-state index in [0.717, 1.165) is 35.5 Å². The maximum Gasteiger partial charge on any atom is 0.273 e. The van der Waals surface area contributed by atoms with Gasteiger partial charge in [0.2, 0.25) is 0 Å². The SMILES string of the molecule is Cc1cc(/C=c2\sc(=C(C#N)C(=O)N3CCCC3)n(-c3ccccc3)c2=O)c(C)n1-c1ccc(Cl)cc1. The Kier molecular flexibility index (Phi) is 6.88. The summed E-state index contributed by atoms with van der Waals surface area (Å²) in [6.45, 7) is 5.26. The van der Waals surface area contributed by atoms with Crippen LogP contribution in [-0.2, 0) is 4.79 Å². The van der Waals surface area contributed by atoms with E-state index in [2.05, 4.69) is 10.6 Å². The first kappa shape index (κ1) is 24.8. The van der Waals surface area contributed by atoms with Gasteiger partial charge in [0.1, 0.15) is 10.7 Å². The second kappa shape index (κ2) is 10.3. The van der Waals surface area contributed by atoms with Crippen LogP contribution < -0.4 is 14.8 Å². The summed E-state index contributed by atoms with van der Waals surface area (Å²) < 4.78 is 4.41. The van der Waals surface area contributed by atoms with Gasteiger partial charge >= 0.3 is 0 Å². The molecule has 0 radical (unpaired) electrons. The number of amides is 1. The number of nitriles is 1. The molecule has 0 aliphatic carbocycles. The molecule has 6 nitrogen and oxygen atoms in total. The lowest BCUT2D eigenvalue weighted by Gasteiger charge is -2.14. The molecule has 2 aromatic heterocycles. The molecule has 0 spiro atoms. The molecular formula is C29H25ClN4O2S. The number of hydrogen-bond acceptors (Lipinski definition) is 4. The Bertz CT molecular complexity index is 1700. The highest BCUT2D eigenvalue weighted by Gasteiger charge is 2.24. The molecule has 0 N–H and O–H groups in total. The standard InChI is InChI=1S/C29H25ClN4O2S/c1-19-16-21(20(2)33(19)24-12-10-22(30)11-13-24)17-26-28(36)34(23-8-4-3-5-9-23)29(37-26)25(18-31)27(35)32-14-6-7-15-32/h3-5,8-13,16-17H,6-7,14-15H2,1-2H3/b26-17-,29-25?. The molecule has 0 atom stereocenters. The van der Waals surface area contributed by atoms with E-state index in [4.69, 9.17) is 11.6 Å². The summed E-state index contributed by atoms with van der Waals surface area (Å²) in [7, 11) is 0. The molecule has 5 rings (SSSR count). The molecule has 8 heteroatoms. The molecule has 1 aliphatic heterocycles. The molecule has 1 saturated heterocycles. The van der Waals surface area contributed by atoms with E-state index in [9.17, 15) is 14.9 Å². The Morgan fingerprint density at radius 1 is 1.00 bits per heavy atom. The number of para-hydroxylation sites is 1. The summed E-state index contributed by atoms with van der Waals surface area (Å²) in [6, 6.07) is 20.9. The van der Waals surface area contributed by atoms with Crippen LogP contribution in [0.5, 0.6) is 0 Å². The van der Waals surface area contributed by atoms with Crippen molar-refractivity contribution >= 4 is 40.5 Å². The van der Waals surface area contributed by atoms with Crippen LogP contribution in [-0.4, -0.2) is 33.0 Å². The van der Waals surface area contributed by atoms with E-state index >= 15 is 0 Å². The third-order valence-electron chi connectivity index (χ3n) is 6.61. The van der Waals surface area contributed by atoms with Crippen molar-refractivity contribution in [3.63, 3.8) is 0 Å². The van der Waals surface area contributed by atoms with Crippen LogP contribution in [0.2, 0.25) is 5.02 Å². The van der Waals surface area contributed by atoms with Crippen molar-refractivity contribution in [3.05, 3.63) is 102 Å². The highest BCUT2D eigenvalue weighted by molar-refractivity contribution is 7.07. The summed E-state index contributed by atoms with van der Waals surface area (Å²) >= 11 is 7.25. The number of aryl methyl sites for hydroxylation is 1. The van der Waals surface area contributed by atoms with Crippen LogP contribution in [0.3, 0.4) is 0 Å². The Balaban J connectivity index is 1.74. The van der Waals surface area contributed by atoms with Crippen molar-refractivity contribution < 1.29 is 4.79 Å². The molecule has 1 aliphatic rings. The zero-order valence-corrected chi connectivity index (χ0v) is 22.1. The molecule has 186 valence electrons. The minimum atomic E-state index is -0.321. The Hall–Kier alpha value is -3.86. The van der Waals surface area contributed by atoms with Gasteiger partial charge in [0, 0.05) is 35.2 Å². The minimum absolute atomic E-state index is 0.000796. The number of thiazole rings is 1. The number of nitrogens with zero attached hydrogens (tertiary/aromatic N) is 4. The minimum Gasteiger partial charge on any atom is -0.338 e. The largest absolute Gasteiger partial charge is 0.338 e. The Morgan fingerprint density at radius 2 is 1.65 bits per heavy atom. The fourth-order valence-corrected chi connectivity index (χ4v) is 6.00. The first-order valence-corrected chi connectivity index (χ1v) is 13.3. The number of hydrogen-bond donors (Lipinski definition) is 0. The number of halogens is 1.